The summed E-state index contributed by atoms with van der Waals surface area (Å²) in [6.45, 7) is 5.37. The summed E-state index contributed by atoms with van der Waals surface area (Å²) in [6, 6.07) is 7.94. The first-order valence-electron chi connectivity index (χ1n) is 9.63. The third-order valence-electron chi connectivity index (χ3n) is 5.82. The number of carbonyl (C=O) groups excluding carboxylic acids is 1. The van der Waals surface area contributed by atoms with Crippen LogP contribution >= 0.6 is 0 Å². The number of hydrogen-bond donors (Lipinski definition) is 0. The molecule has 1 aliphatic carbocycles. The highest BCUT2D eigenvalue weighted by molar-refractivity contribution is 7.92. The monoisotopic (exact) mass is 364 g/mol. The molecule has 0 aliphatic heterocycles. The summed E-state index contributed by atoms with van der Waals surface area (Å²) < 4.78 is 24.5. The fraction of sp³-hybridized carbons (Fsp3) is 0.667. The summed E-state index contributed by atoms with van der Waals surface area (Å²) >= 11 is 0. The lowest BCUT2D eigenvalue weighted by molar-refractivity contribution is 0.101. The van der Waals surface area contributed by atoms with Crippen molar-refractivity contribution in [3.63, 3.8) is 0 Å². The van der Waals surface area contributed by atoms with E-state index in [4.69, 9.17) is 0 Å². The van der Waals surface area contributed by atoms with Crippen LogP contribution in [0.1, 0.15) is 75.2 Å². The topological polar surface area (TPSA) is 51.2 Å². The molecule has 4 heteroatoms. The molecule has 1 unspecified atom stereocenters. The molecule has 1 fully saturated rings. The van der Waals surface area contributed by atoms with Gasteiger partial charge in [0, 0.05) is 5.56 Å². The van der Waals surface area contributed by atoms with Crippen molar-refractivity contribution in [1.29, 1.82) is 0 Å². The molecule has 1 aliphatic rings. The van der Waals surface area contributed by atoms with Crippen LogP contribution in [0.15, 0.2) is 24.3 Å². The second kappa shape index (κ2) is 8.98. The molecule has 0 radical (unpaired) electrons. The molecule has 1 aromatic rings. The van der Waals surface area contributed by atoms with Gasteiger partial charge in [-0.1, -0.05) is 44.0 Å². The second-order valence-corrected chi connectivity index (χ2v) is 10.2. The summed E-state index contributed by atoms with van der Waals surface area (Å²) in [5.41, 5.74) is 2.05. The zero-order chi connectivity index (χ0) is 18.4. The van der Waals surface area contributed by atoms with Gasteiger partial charge in [0.15, 0.2) is 15.6 Å². The van der Waals surface area contributed by atoms with Crippen molar-refractivity contribution in [3.8, 4) is 0 Å². The van der Waals surface area contributed by atoms with Crippen LogP contribution in [0.2, 0.25) is 0 Å². The van der Waals surface area contributed by atoms with Crippen LogP contribution in [0.4, 0.5) is 0 Å². The van der Waals surface area contributed by atoms with Crippen molar-refractivity contribution in [2.45, 2.75) is 71.0 Å². The van der Waals surface area contributed by atoms with Gasteiger partial charge in [0.25, 0.3) is 0 Å². The number of aryl methyl sites for hydroxylation is 1. The summed E-state index contributed by atoms with van der Waals surface area (Å²) in [6.07, 6.45) is 7.29. The van der Waals surface area contributed by atoms with E-state index >= 15 is 0 Å². The standard InChI is InChI=1S/C21H32O3S/c1-4-16(2)25(23,24)15-20-9-7-18(8-10-20)5-6-19-11-13-21(14-12-19)17(3)22/h11-14,16,18,20H,4-10,15H2,1-3H3. The van der Waals surface area contributed by atoms with E-state index in [1.54, 1.807) is 6.92 Å². The van der Waals surface area contributed by atoms with E-state index in [9.17, 15) is 13.2 Å². The van der Waals surface area contributed by atoms with Crippen LogP contribution < -0.4 is 0 Å². The Bertz CT molecular complexity index is 653. The van der Waals surface area contributed by atoms with Crippen LogP contribution in [0.5, 0.6) is 0 Å². The molecule has 0 bridgehead atoms. The fourth-order valence-electron chi connectivity index (χ4n) is 3.71. The van der Waals surface area contributed by atoms with Crippen molar-refractivity contribution in [2.24, 2.45) is 11.8 Å². The molecule has 0 spiro atoms. The van der Waals surface area contributed by atoms with Crippen LogP contribution in [0.3, 0.4) is 0 Å². The van der Waals surface area contributed by atoms with E-state index in [1.807, 2.05) is 26.0 Å². The van der Waals surface area contributed by atoms with Crippen molar-refractivity contribution in [1.82, 2.24) is 0 Å². The molecule has 0 N–H and O–H groups in total. The van der Waals surface area contributed by atoms with Crippen molar-refractivity contribution >= 4 is 15.6 Å². The van der Waals surface area contributed by atoms with E-state index in [0.29, 0.717) is 24.0 Å². The minimum absolute atomic E-state index is 0.109. The van der Waals surface area contributed by atoms with Gasteiger partial charge in [-0.2, -0.15) is 0 Å². The summed E-state index contributed by atoms with van der Waals surface area (Å²) in [7, 11) is -2.92. The Morgan fingerprint density at radius 1 is 1.08 bits per heavy atom. The number of rotatable bonds is 8. The molecule has 0 saturated heterocycles. The van der Waals surface area contributed by atoms with Crippen LogP contribution in [0.25, 0.3) is 0 Å². The molecule has 3 nitrogen and oxygen atoms in total. The molecule has 0 amide bonds. The first kappa shape index (κ1) is 20.2. The molecule has 1 aromatic carbocycles. The number of carbonyl (C=O) groups is 1. The maximum Gasteiger partial charge on any atom is 0.159 e. The van der Waals surface area contributed by atoms with Crippen molar-refractivity contribution < 1.29 is 13.2 Å². The van der Waals surface area contributed by atoms with Gasteiger partial charge < -0.3 is 0 Å². The minimum Gasteiger partial charge on any atom is -0.295 e. The predicted octanol–water partition coefficient (Wildman–Crippen LogP) is 4.84. The highest BCUT2D eigenvalue weighted by atomic mass is 32.2. The summed E-state index contributed by atoms with van der Waals surface area (Å²) in [4.78, 5) is 11.3. The number of sulfone groups is 1. The van der Waals surface area contributed by atoms with Gasteiger partial charge in [-0.3, -0.25) is 4.79 Å². The van der Waals surface area contributed by atoms with Crippen LogP contribution in [-0.2, 0) is 16.3 Å². The maximum absolute atomic E-state index is 12.3. The summed E-state index contributed by atoms with van der Waals surface area (Å²) in [5.74, 6) is 1.54. The lowest BCUT2D eigenvalue weighted by Gasteiger charge is -2.29. The van der Waals surface area contributed by atoms with Crippen LogP contribution in [-0.4, -0.2) is 25.2 Å². The zero-order valence-corrected chi connectivity index (χ0v) is 16.6. The Kier molecular flexibility index (Phi) is 7.24. The average molecular weight is 365 g/mol. The lowest BCUT2D eigenvalue weighted by atomic mass is 9.80. The Morgan fingerprint density at radius 2 is 1.64 bits per heavy atom. The van der Waals surface area contributed by atoms with Crippen molar-refractivity contribution in [2.75, 3.05) is 5.75 Å². The van der Waals surface area contributed by atoms with Crippen LogP contribution in [0, 0.1) is 11.8 Å². The SMILES string of the molecule is CCC(C)S(=O)(=O)CC1CCC(CCc2ccc(C(C)=O)cc2)CC1. The quantitative estimate of drug-likeness (QED) is 0.620. The van der Waals surface area contributed by atoms with E-state index in [2.05, 4.69) is 12.1 Å². The van der Waals surface area contributed by atoms with E-state index in [0.717, 1.165) is 44.1 Å². The van der Waals surface area contributed by atoms with Gasteiger partial charge in [0.1, 0.15) is 0 Å². The van der Waals surface area contributed by atoms with E-state index < -0.39 is 9.84 Å². The minimum atomic E-state index is -2.92. The molecular weight excluding hydrogens is 332 g/mol. The Hall–Kier alpha value is -1.16. The van der Waals surface area contributed by atoms with E-state index in [1.165, 1.54) is 5.56 Å². The summed E-state index contributed by atoms with van der Waals surface area (Å²) in [5, 5.41) is -0.205. The first-order chi connectivity index (χ1) is 11.8. The number of Topliss-reactive ketones (excluding diaryl/α,β-unsaturated/α-hetero) is 1. The molecule has 1 saturated carbocycles. The van der Waals surface area contributed by atoms with Gasteiger partial charge in [0.05, 0.1) is 11.0 Å². The molecule has 2 rings (SSSR count). The average Bonchev–Trinajstić information content (AvgIpc) is 2.60. The van der Waals surface area contributed by atoms with Gasteiger partial charge in [-0.05, 0) is 63.4 Å². The van der Waals surface area contributed by atoms with Gasteiger partial charge in [-0.15, -0.1) is 0 Å². The molecular formula is C21H32O3S. The Labute approximate surface area is 153 Å². The highest BCUT2D eigenvalue weighted by Gasteiger charge is 2.28. The lowest BCUT2D eigenvalue weighted by Crippen LogP contribution is -2.27. The second-order valence-electron chi connectivity index (χ2n) is 7.73. The van der Waals surface area contributed by atoms with E-state index in [-0.39, 0.29) is 11.0 Å². The number of hydrogen-bond acceptors (Lipinski definition) is 3. The smallest absolute Gasteiger partial charge is 0.159 e. The Balaban J connectivity index is 1.76. The fourth-order valence-corrected chi connectivity index (χ4v) is 5.54. The third-order valence-corrected chi connectivity index (χ3v) is 8.32. The normalized spacial score (nSPS) is 22.5. The molecule has 25 heavy (non-hydrogen) atoms. The van der Waals surface area contributed by atoms with Gasteiger partial charge >= 0.3 is 0 Å². The predicted molar refractivity (Wildman–Crippen MR) is 104 cm³/mol. The zero-order valence-electron chi connectivity index (χ0n) is 15.8. The third kappa shape index (κ3) is 5.95. The molecule has 0 heterocycles. The van der Waals surface area contributed by atoms with Gasteiger partial charge in [-0.25, -0.2) is 8.42 Å². The highest BCUT2D eigenvalue weighted by Crippen LogP contribution is 2.33. The maximum atomic E-state index is 12.3. The first-order valence-corrected chi connectivity index (χ1v) is 11.3. The Morgan fingerprint density at radius 3 is 2.16 bits per heavy atom. The number of benzene rings is 1. The van der Waals surface area contributed by atoms with Crippen molar-refractivity contribution in [3.05, 3.63) is 35.4 Å². The number of ketones is 1. The molecule has 140 valence electrons. The molecule has 1 atom stereocenters. The van der Waals surface area contributed by atoms with Gasteiger partial charge in [0.2, 0.25) is 0 Å². The molecule has 0 aromatic heterocycles. The largest absolute Gasteiger partial charge is 0.295 e.